The molecular formula is C11H10F2N2S. The zero-order valence-electron chi connectivity index (χ0n) is 8.84. The molecule has 16 heavy (non-hydrogen) atoms. The molecule has 1 N–H and O–H groups in total. The van der Waals surface area contributed by atoms with Crippen molar-refractivity contribution in [1.29, 1.82) is 0 Å². The Morgan fingerprint density at radius 3 is 2.50 bits per heavy atom. The predicted molar refractivity (Wildman–Crippen MR) is 60.3 cm³/mol. The Kier molecular flexibility index (Phi) is 2.63. The molecule has 0 fully saturated rings. The highest BCUT2D eigenvalue weighted by Gasteiger charge is 2.14. The molecule has 0 saturated carbocycles. The van der Waals surface area contributed by atoms with E-state index < -0.39 is 11.6 Å². The quantitative estimate of drug-likeness (QED) is 0.757. The molecule has 2 rings (SSSR count). The van der Waals surface area contributed by atoms with Crippen LogP contribution in [0.1, 0.15) is 11.3 Å². The molecule has 1 aromatic heterocycles. The molecule has 0 saturated heterocycles. The van der Waals surface area contributed by atoms with Crippen LogP contribution in [0.25, 0.3) is 5.69 Å². The van der Waals surface area contributed by atoms with Crippen molar-refractivity contribution in [2.24, 2.45) is 0 Å². The van der Waals surface area contributed by atoms with Gasteiger partial charge in [-0.3, -0.25) is 4.57 Å². The molecule has 0 unspecified atom stereocenters. The monoisotopic (exact) mass is 240 g/mol. The number of rotatable bonds is 1. The Bertz CT molecular complexity index is 599. The SMILES string of the molecule is Cc1cn(-c2c(F)ccc(C)c2F)c(=S)[nH]1. The van der Waals surface area contributed by atoms with E-state index in [9.17, 15) is 8.78 Å². The van der Waals surface area contributed by atoms with Crippen molar-refractivity contribution in [1.82, 2.24) is 9.55 Å². The van der Waals surface area contributed by atoms with Gasteiger partial charge in [-0.25, -0.2) is 8.78 Å². The fourth-order valence-electron chi connectivity index (χ4n) is 1.54. The lowest BCUT2D eigenvalue weighted by molar-refractivity contribution is 0.562. The van der Waals surface area contributed by atoms with E-state index in [0.29, 0.717) is 5.56 Å². The Balaban J connectivity index is 2.78. The zero-order valence-corrected chi connectivity index (χ0v) is 9.66. The van der Waals surface area contributed by atoms with Crippen LogP contribution in [-0.4, -0.2) is 9.55 Å². The van der Waals surface area contributed by atoms with Crippen LogP contribution >= 0.6 is 12.2 Å². The summed E-state index contributed by atoms with van der Waals surface area (Å²) >= 11 is 4.99. The highest BCUT2D eigenvalue weighted by Crippen LogP contribution is 2.21. The number of benzene rings is 1. The van der Waals surface area contributed by atoms with Gasteiger partial charge in [-0.1, -0.05) is 6.07 Å². The largest absolute Gasteiger partial charge is 0.335 e. The van der Waals surface area contributed by atoms with Gasteiger partial charge in [0.05, 0.1) is 0 Å². The van der Waals surface area contributed by atoms with Gasteiger partial charge in [0.25, 0.3) is 0 Å². The van der Waals surface area contributed by atoms with Gasteiger partial charge in [0.15, 0.2) is 10.6 Å². The third-order valence-corrected chi connectivity index (χ3v) is 2.65. The molecule has 0 spiro atoms. The standard InChI is InChI=1S/C11H10F2N2S/c1-6-3-4-8(12)10(9(6)13)15-5-7(2)14-11(15)16/h3-5H,1-2H3,(H,14,16). The number of halogens is 2. The number of H-pyrrole nitrogens is 1. The van der Waals surface area contributed by atoms with Crippen LogP contribution in [-0.2, 0) is 0 Å². The number of aryl methyl sites for hydroxylation is 2. The Hall–Kier alpha value is -1.49. The van der Waals surface area contributed by atoms with E-state index in [1.165, 1.54) is 16.7 Å². The molecule has 2 nitrogen and oxygen atoms in total. The number of nitrogens with zero attached hydrogens (tertiary/aromatic N) is 1. The number of nitrogens with one attached hydrogen (secondary N) is 1. The minimum Gasteiger partial charge on any atom is -0.335 e. The average Bonchev–Trinajstić information content (AvgIpc) is 2.53. The fraction of sp³-hybridized carbons (Fsp3) is 0.182. The molecule has 0 radical (unpaired) electrons. The van der Waals surface area contributed by atoms with E-state index in [0.717, 1.165) is 5.69 Å². The van der Waals surface area contributed by atoms with E-state index in [1.54, 1.807) is 20.0 Å². The van der Waals surface area contributed by atoms with Gasteiger partial charge < -0.3 is 4.98 Å². The second kappa shape index (κ2) is 3.83. The van der Waals surface area contributed by atoms with Crippen LogP contribution in [0.5, 0.6) is 0 Å². The van der Waals surface area contributed by atoms with Gasteiger partial charge in [0, 0.05) is 11.9 Å². The van der Waals surface area contributed by atoms with Gasteiger partial charge >= 0.3 is 0 Å². The lowest BCUT2D eigenvalue weighted by Crippen LogP contribution is -2.02. The highest BCUT2D eigenvalue weighted by atomic mass is 32.1. The first kappa shape index (κ1) is 11.0. The maximum Gasteiger partial charge on any atom is 0.182 e. The first-order chi connectivity index (χ1) is 7.50. The maximum absolute atomic E-state index is 13.8. The number of hydrogen-bond donors (Lipinski definition) is 1. The maximum atomic E-state index is 13.8. The summed E-state index contributed by atoms with van der Waals surface area (Å²) in [5, 5.41) is 0. The highest BCUT2D eigenvalue weighted by molar-refractivity contribution is 7.71. The van der Waals surface area contributed by atoms with Crippen LogP contribution in [0, 0.1) is 30.3 Å². The van der Waals surface area contributed by atoms with Crippen molar-refractivity contribution in [3.63, 3.8) is 0 Å². The van der Waals surface area contributed by atoms with Crippen LogP contribution in [0.4, 0.5) is 8.78 Å². The average molecular weight is 240 g/mol. The van der Waals surface area contributed by atoms with Crippen molar-refractivity contribution >= 4 is 12.2 Å². The third-order valence-electron chi connectivity index (χ3n) is 2.35. The second-order valence-corrected chi connectivity index (χ2v) is 4.03. The van der Waals surface area contributed by atoms with E-state index >= 15 is 0 Å². The summed E-state index contributed by atoms with van der Waals surface area (Å²) in [6.45, 7) is 3.36. The summed E-state index contributed by atoms with van der Waals surface area (Å²) in [6, 6.07) is 2.63. The van der Waals surface area contributed by atoms with Crippen molar-refractivity contribution in [3.05, 3.63) is 46.0 Å². The molecule has 1 heterocycles. The molecular weight excluding hydrogens is 230 g/mol. The molecule has 2 aromatic rings. The van der Waals surface area contributed by atoms with Gasteiger partial charge in [0.1, 0.15) is 11.5 Å². The molecule has 0 amide bonds. The van der Waals surface area contributed by atoms with Crippen LogP contribution in [0.3, 0.4) is 0 Å². The lowest BCUT2D eigenvalue weighted by Gasteiger charge is -2.07. The molecule has 0 aliphatic heterocycles. The molecule has 0 aliphatic rings. The smallest absolute Gasteiger partial charge is 0.182 e. The normalized spacial score (nSPS) is 10.8. The fourth-order valence-corrected chi connectivity index (χ4v) is 1.85. The minimum atomic E-state index is -0.627. The van der Waals surface area contributed by atoms with E-state index in [1.807, 2.05) is 0 Å². The summed E-state index contributed by atoms with van der Waals surface area (Å²) in [5.41, 5.74) is 1.01. The number of hydrogen-bond acceptors (Lipinski definition) is 1. The minimum absolute atomic E-state index is 0.130. The summed E-state index contributed by atoms with van der Waals surface area (Å²) in [4.78, 5) is 2.82. The van der Waals surface area contributed by atoms with E-state index in [-0.39, 0.29) is 10.5 Å². The number of aromatic amines is 1. The molecule has 84 valence electrons. The predicted octanol–water partition coefficient (Wildman–Crippen LogP) is 3.43. The Morgan fingerprint density at radius 2 is 1.94 bits per heavy atom. The van der Waals surface area contributed by atoms with E-state index in [4.69, 9.17) is 12.2 Å². The molecule has 1 aromatic carbocycles. The van der Waals surface area contributed by atoms with Crippen molar-refractivity contribution in [3.8, 4) is 5.69 Å². The van der Waals surface area contributed by atoms with Gasteiger partial charge in [-0.2, -0.15) is 0 Å². The Morgan fingerprint density at radius 1 is 1.25 bits per heavy atom. The third kappa shape index (κ3) is 1.67. The van der Waals surface area contributed by atoms with Gasteiger partial charge in [0.2, 0.25) is 0 Å². The topological polar surface area (TPSA) is 20.7 Å². The first-order valence-corrected chi connectivity index (χ1v) is 5.15. The summed E-state index contributed by atoms with van der Waals surface area (Å²) in [7, 11) is 0. The zero-order chi connectivity index (χ0) is 11.9. The summed E-state index contributed by atoms with van der Waals surface area (Å²) < 4.78 is 29.0. The number of aromatic nitrogens is 2. The summed E-state index contributed by atoms with van der Waals surface area (Å²) in [5.74, 6) is -1.21. The van der Waals surface area contributed by atoms with Crippen LogP contribution in [0.2, 0.25) is 0 Å². The van der Waals surface area contributed by atoms with Crippen molar-refractivity contribution in [2.45, 2.75) is 13.8 Å². The summed E-state index contributed by atoms with van der Waals surface area (Å²) in [6.07, 6.45) is 1.57. The first-order valence-electron chi connectivity index (χ1n) is 4.74. The molecule has 0 atom stereocenters. The van der Waals surface area contributed by atoms with Crippen molar-refractivity contribution in [2.75, 3.05) is 0 Å². The molecule has 5 heteroatoms. The van der Waals surface area contributed by atoms with Crippen molar-refractivity contribution < 1.29 is 8.78 Å². The van der Waals surface area contributed by atoms with Crippen LogP contribution in [0.15, 0.2) is 18.3 Å². The molecule has 0 aliphatic carbocycles. The lowest BCUT2D eigenvalue weighted by atomic mass is 10.2. The van der Waals surface area contributed by atoms with Crippen LogP contribution < -0.4 is 0 Å². The molecule has 0 bridgehead atoms. The van der Waals surface area contributed by atoms with E-state index in [2.05, 4.69) is 4.98 Å². The van der Waals surface area contributed by atoms with Gasteiger partial charge in [-0.05, 0) is 37.7 Å². The number of imidazole rings is 1. The van der Waals surface area contributed by atoms with Gasteiger partial charge in [-0.15, -0.1) is 0 Å². The Labute approximate surface area is 96.5 Å². The second-order valence-electron chi connectivity index (χ2n) is 3.64.